The van der Waals surface area contributed by atoms with Gasteiger partial charge in [-0.2, -0.15) is 0 Å². The summed E-state index contributed by atoms with van der Waals surface area (Å²) in [5.74, 6) is 1.84. The third kappa shape index (κ3) is 2.83. The lowest BCUT2D eigenvalue weighted by Gasteiger charge is -2.17. The summed E-state index contributed by atoms with van der Waals surface area (Å²) in [7, 11) is 0. The number of amides is 1. The van der Waals surface area contributed by atoms with Gasteiger partial charge in [0, 0.05) is 17.2 Å². The van der Waals surface area contributed by atoms with Gasteiger partial charge in [-0.25, -0.2) is 5.10 Å². The minimum Gasteiger partial charge on any atom is -0.409 e. The topological polar surface area (TPSA) is 70.9 Å². The summed E-state index contributed by atoms with van der Waals surface area (Å²) in [6, 6.07) is 7.62. The largest absolute Gasteiger partial charge is 0.409 e. The first-order chi connectivity index (χ1) is 10.7. The van der Waals surface area contributed by atoms with Crippen molar-refractivity contribution in [2.45, 2.75) is 31.7 Å². The first-order valence-corrected chi connectivity index (χ1v) is 8.08. The molecule has 1 amide bonds. The van der Waals surface area contributed by atoms with E-state index in [1.165, 1.54) is 25.7 Å². The van der Waals surface area contributed by atoms with E-state index in [2.05, 4.69) is 15.5 Å². The Morgan fingerprint density at radius 2 is 1.86 bits per heavy atom. The number of hydrogen-bond donors (Lipinski definition) is 2. The Morgan fingerprint density at radius 3 is 2.36 bits per heavy atom. The van der Waals surface area contributed by atoms with E-state index in [9.17, 15) is 4.79 Å². The molecule has 2 aromatic rings. The molecule has 0 saturated heterocycles. The van der Waals surface area contributed by atoms with E-state index < -0.39 is 0 Å². The first-order valence-electron chi connectivity index (χ1n) is 7.67. The van der Waals surface area contributed by atoms with Crippen molar-refractivity contribution in [3.05, 3.63) is 34.7 Å². The Morgan fingerprint density at radius 1 is 1.23 bits per heavy atom. The quantitative estimate of drug-likeness (QED) is 0.830. The van der Waals surface area contributed by atoms with Crippen molar-refractivity contribution in [3.8, 4) is 11.5 Å². The number of rotatable bonds is 5. The van der Waals surface area contributed by atoms with Gasteiger partial charge in [0.2, 0.25) is 5.89 Å². The highest BCUT2D eigenvalue weighted by Gasteiger charge is 2.42. The van der Waals surface area contributed by atoms with Gasteiger partial charge in [-0.15, -0.1) is 5.10 Å². The average molecular weight is 315 g/mol. The number of aromatic amines is 1. The molecule has 2 aliphatic carbocycles. The molecule has 1 aromatic carbocycles. The maximum atomic E-state index is 12.4. The number of H-pyrrole nitrogens is 1. The molecule has 0 bridgehead atoms. The molecule has 22 heavy (non-hydrogen) atoms. The third-order valence-corrected chi connectivity index (χ3v) is 4.56. The Kier molecular flexibility index (Phi) is 3.33. The smallest absolute Gasteiger partial charge is 0.284 e. The fraction of sp³-hybridized carbons (Fsp3) is 0.438. The third-order valence-electron chi connectivity index (χ3n) is 4.39. The van der Waals surface area contributed by atoms with Crippen LogP contribution < -0.4 is 5.32 Å². The zero-order valence-electron chi connectivity index (χ0n) is 12.0. The summed E-state index contributed by atoms with van der Waals surface area (Å²) in [4.78, 5) is 12.6. The minimum absolute atomic E-state index is 0.0123. The lowest BCUT2D eigenvalue weighted by atomic mass is 10.1. The number of carbonyl (C=O) groups is 1. The van der Waals surface area contributed by atoms with E-state index in [0.29, 0.717) is 29.3 Å². The number of nitrogens with zero attached hydrogens (tertiary/aromatic N) is 1. The van der Waals surface area contributed by atoms with Crippen molar-refractivity contribution in [1.29, 1.82) is 0 Å². The molecule has 2 fully saturated rings. The first kappa shape index (κ1) is 13.7. The van der Waals surface area contributed by atoms with Crippen LogP contribution in [0.3, 0.4) is 0 Å². The van der Waals surface area contributed by atoms with Crippen LogP contribution >= 0.6 is 12.2 Å². The van der Waals surface area contributed by atoms with Crippen molar-refractivity contribution < 1.29 is 9.21 Å². The summed E-state index contributed by atoms with van der Waals surface area (Å²) < 4.78 is 5.26. The fourth-order valence-corrected chi connectivity index (χ4v) is 3.01. The average Bonchev–Trinajstić information content (AvgIpc) is 3.44. The van der Waals surface area contributed by atoms with Gasteiger partial charge in [-0.05, 0) is 74.0 Å². The fourth-order valence-electron chi connectivity index (χ4n) is 2.88. The Hall–Kier alpha value is -1.95. The van der Waals surface area contributed by atoms with E-state index >= 15 is 0 Å². The predicted octanol–water partition coefficient (Wildman–Crippen LogP) is 3.32. The van der Waals surface area contributed by atoms with Crippen LogP contribution in [-0.4, -0.2) is 22.1 Å². The molecular weight excluding hydrogens is 298 g/mol. The molecule has 1 heterocycles. The van der Waals surface area contributed by atoms with Crippen molar-refractivity contribution in [1.82, 2.24) is 15.5 Å². The minimum atomic E-state index is 0.0123. The van der Waals surface area contributed by atoms with E-state index in [4.69, 9.17) is 16.6 Å². The van der Waals surface area contributed by atoms with Crippen LogP contribution in [0.4, 0.5) is 0 Å². The highest BCUT2D eigenvalue weighted by Crippen LogP contribution is 2.44. The Balaban J connectivity index is 1.47. The second-order valence-electron chi connectivity index (χ2n) is 6.17. The van der Waals surface area contributed by atoms with Crippen molar-refractivity contribution in [2.24, 2.45) is 11.8 Å². The van der Waals surface area contributed by atoms with Crippen LogP contribution in [0.25, 0.3) is 11.5 Å². The molecule has 0 spiro atoms. The van der Waals surface area contributed by atoms with Gasteiger partial charge in [-0.1, -0.05) is 0 Å². The standard InChI is InChI=1S/C16H17N3O2S/c20-14(17-13(9-1-2-9)10-3-4-10)11-5-7-12(8-6-11)15-18-19-16(22)21-15/h5-10,13H,1-4H2,(H,17,20)(H,19,22). The molecule has 4 rings (SSSR count). The molecule has 6 heteroatoms. The van der Waals surface area contributed by atoms with Crippen LogP contribution in [0.1, 0.15) is 36.0 Å². The predicted molar refractivity (Wildman–Crippen MR) is 83.8 cm³/mol. The van der Waals surface area contributed by atoms with Crippen LogP contribution in [0.5, 0.6) is 0 Å². The van der Waals surface area contributed by atoms with Gasteiger partial charge in [0.15, 0.2) is 0 Å². The molecule has 0 radical (unpaired) electrons. The van der Waals surface area contributed by atoms with Crippen LogP contribution in [0.2, 0.25) is 0 Å². The molecule has 2 saturated carbocycles. The Bertz CT molecular complexity index is 729. The number of nitrogens with one attached hydrogen (secondary N) is 2. The molecule has 2 N–H and O–H groups in total. The molecule has 1 aromatic heterocycles. The Labute approximate surface area is 133 Å². The highest BCUT2D eigenvalue weighted by atomic mass is 32.1. The van der Waals surface area contributed by atoms with Crippen molar-refractivity contribution in [3.63, 3.8) is 0 Å². The number of hydrogen-bond acceptors (Lipinski definition) is 4. The second-order valence-corrected chi connectivity index (χ2v) is 6.54. The second kappa shape index (κ2) is 5.35. The number of carbonyl (C=O) groups excluding carboxylic acids is 1. The van der Waals surface area contributed by atoms with E-state index in [0.717, 1.165) is 5.56 Å². The number of benzene rings is 1. The highest BCUT2D eigenvalue weighted by molar-refractivity contribution is 7.71. The van der Waals surface area contributed by atoms with Crippen LogP contribution in [0.15, 0.2) is 28.7 Å². The van der Waals surface area contributed by atoms with Gasteiger partial charge in [0.05, 0.1) is 0 Å². The summed E-state index contributed by atoms with van der Waals surface area (Å²) >= 11 is 4.86. The summed E-state index contributed by atoms with van der Waals surface area (Å²) in [6.45, 7) is 0. The van der Waals surface area contributed by atoms with Crippen LogP contribution in [0, 0.1) is 16.7 Å². The van der Waals surface area contributed by atoms with Gasteiger partial charge >= 0.3 is 0 Å². The van der Waals surface area contributed by atoms with E-state index in [1.807, 2.05) is 12.1 Å². The SMILES string of the molecule is O=C(NC(C1CC1)C1CC1)c1ccc(-c2n[nH]c(=S)o2)cc1. The molecule has 5 nitrogen and oxygen atoms in total. The van der Waals surface area contributed by atoms with Crippen molar-refractivity contribution in [2.75, 3.05) is 0 Å². The lowest BCUT2D eigenvalue weighted by Crippen LogP contribution is -2.38. The van der Waals surface area contributed by atoms with Crippen molar-refractivity contribution >= 4 is 18.1 Å². The maximum absolute atomic E-state index is 12.4. The summed E-state index contributed by atoms with van der Waals surface area (Å²) in [6.07, 6.45) is 5.02. The van der Waals surface area contributed by atoms with Gasteiger partial charge in [0.25, 0.3) is 10.7 Å². The van der Waals surface area contributed by atoms with E-state index in [1.54, 1.807) is 12.1 Å². The summed E-state index contributed by atoms with van der Waals surface area (Å²) in [5.41, 5.74) is 1.47. The lowest BCUT2D eigenvalue weighted by molar-refractivity contribution is 0.0926. The molecule has 0 unspecified atom stereocenters. The monoisotopic (exact) mass is 315 g/mol. The molecule has 0 aliphatic heterocycles. The molecule has 0 atom stereocenters. The van der Waals surface area contributed by atoms with Gasteiger partial charge in [0.1, 0.15) is 0 Å². The summed E-state index contributed by atoms with van der Waals surface area (Å²) in [5, 5.41) is 9.78. The van der Waals surface area contributed by atoms with Crippen LogP contribution in [-0.2, 0) is 0 Å². The molecule has 114 valence electrons. The maximum Gasteiger partial charge on any atom is 0.284 e. The zero-order valence-corrected chi connectivity index (χ0v) is 12.9. The normalized spacial score (nSPS) is 17.7. The molecular formula is C16H17N3O2S. The van der Waals surface area contributed by atoms with Gasteiger partial charge < -0.3 is 9.73 Å². The van der Waals surface area contributed by atoms with E-state index in [-0.39, 0.29) is 10.7 Å². The number of aromatic nitrogens is 2. The van der Waals surface area contributed by atoms with Gasteiger partial charge in [-0.3, -0.25) is 4.79 Å². The molecule has 2 aliphatic rings. The zero-order chi connectivity index (χ0) is 15.1.